The Morgan fingerprint density at radius 3 is 2.61 bits per heavy atom. The third-order valence-electron chi connectivity index (χ3n) is 3.94. The highest BCUT2D eigenvalue weighted by atomic mass is 15.2. The van der Waals surface area contributed by atoms with E-state index in [0.29, 0.717) is 18.0 Å². The molecule has 2 heterocycles. The number of fused-ring (bicyclic) bond motifs is 2. The fourth-order valence-corrected chi connectivity index (χ4v) is 2.95. The van der Waals surface area contributed by atoms with E-state index in [0.717, 1.165) is 19.6 Å². The van der Waals surface area contributed by atoms with Crippen LogP contribution in [0.1, 0.15) is 30.9 Å². The van der Waals surface area contributed by atoms with Gasteiger partial charge in [-0.15, -0.1) is 0 Å². The van der Waals surface area contributed by atoms with Gasteiger partial charge in [-0.05, 0) is 17.0 Å². The normalized spacial score (nSPS) is 27.1. The zero-order valence-corrected chi connectivity index (χ0v) is 11.3. The molecular weight excluding hydrogens is 220 g/mol. The van der Waals surface area contributed by atoms with Crippen molar-refractivity contribution >= 4 is 0 Å². The van der Waals surface area contributed by atoms with Gasteiger partial charge in [-0.25, -0.2) is 0 Å². The number of benzene rings is 1. The molecule has 1 saturated heterocycles. The van der Waals surface area contributed by atoms with Gasteiger partial charge in [-0.2, -0.15) is 0 Å². The van der Waals surface area contributed by atoms with Crippen LogP contribution in [0.25, 0.3) is 0 Å². The third kappa shape index (κ3) is 2.50. The lowest BCUT2D eigenvalue weighted by Gasteiger charge is -2.33. The molecule has 0 amide bonds. The van der Waals surface area contributed by atoms with Gasteiger partial charge in [0.15, 0.2) is 0 Å². The van der Waals surface area contributed by atoms with E-state index in [-0.39, 0.29) is 0 Å². The van der Waals surface area contributed by atoms with Crippen LogP contribution in [0.3, 0.4) is 0 Å². The second-order valence-corrected chi connectivity index (χ2v) is 5.86. The van der Waals surface area contributed by atoms with Gasteiger partial charge < -0.3 is 5.32 Å². The largest absolute Gasteiger partial charge is 0.302 e. The molecule has 0 saturated carbocycles. The lowest BCUT2D eigenvalue weighted by Crippen LogP contribution is -2.51. The number of hydrogen-bond donors (Lipinski definition) is 1. The highest BCUT2D eigenvalue weighted by Crippen LogP contribution is 2.19. The molecule has 2 bridgehead atoms. The third-order valence-corrected chi connectivity index (χ3v) is 3.94. The monoisotopic (exact) mass is 242 g/mol. The standard InChI is InChI=1S/C16H22N2/c1-12(2)14-5-3-4-13(8-14)9-18-10-15-6-7-16(11-18)17-15/h3-8,12,15-17H,9-11H2,1-2H3. The molecule has 0 spiro atoms. The van der Waals surface area contributed by atoms with Crippen LogP contribution in [0.2, 0.25) is 0 Å². The average molecular weight is 242 g/mol. The maximum atomic E-state index is 3.58. The molecule has 1 aromatic carbocycles. The summed E-state index contributed by atoms with van der Waals surface area (Å²) in [5, 5.41) is 3.58. The van der Waals surface area contributed by atoms with Gasteiger partial charge in [0, 0.05) is 31.7 Å². The minimum atomic E-state index is 0.567. The zero-order chi connectivity index (χ0) is 12.5. The van der Waals surface area contributed by atoms with Crippen molar-refractivity contribution in [1.29, 1.82) is 0 Å². The van der Waals surface area contributed by atoms with E-state index in [1.807, 2.05) is 0 Å². The van der Waals surface area contributed by atoms with E-state index < -0.39 is 0 Å². The van der Waals surface area contributed by atoms with E-state index in [1.165, 1.54) is 11.1 Å². The van der Waals surface area contributed by atoms with Gasteiger partial charge in [-0.1, -0.05) is 50.3 Å². The van der Waals surface area contributed by atoms with Gasteiger partial charge in [0.2, 0.25) is 0 Å². The number of rotatable bonds is 3. The first-order valence-electron chi connectivity index (χ1n) is 6.96. The van der Waals surface area contributed by atoms with Crippen LogP contribution in [0.5, 0.6) is 0 Å². The number of nitrogens with one attached hydrogen (secondary N) is 1. The summed E-state index contributed by atoms with van der Waals surface area (Å²) >= 11 is 0. The molecule has 3 rings (SSSR count). The molecule has 2 unspecified atom stereocenters. The predicted molar refractivity (Wildman–Crippen MR) is 75.7 cm³/mol. The molecule has 1 aromatic rings. The van der Waals surface area contributed by atoms with E-state index >= 15 is 0 Å². The topological polar surface area (TPSA) is 15.3 Å². The molecule has 2 heteroatoms. The lowest BCUT2D eigenvalue weighted by molar-refractivity contribution is 0.197. The minimum absolute atomic E-state index is 0.567. The van der Waals surface area contributed by atoms with Crippen molar-refractivity contribution in [3.05, 3.63) is 47.5 Å². The molecule has 2 aliphatic heterocycles. The SMILES string of the molecule is CC(C)c1cccc(CN2CC3C=CC(C2)N3)c1. The number of hydrogen-bond acceptors (Lipinski definition) is 2. The second-order valence-electron chi connectivity index (χ2n) is 5.86. The molecule has 1 fully saturated rings. The summed E-state index contributed by atoms with van der Waals surface area (Å²) in [7, 11) is 0. The quantitative estimate of drug-likeness (QED) is 0.819. The van der Waals surface area contributed by atoms with Crippen molar-refractivity contribution in [3.63, 3.8) is 0 Å². The first-order chi connectivity index (χ1) is 8.70. The second kappa shape index (κ2) is 4.87. The smallest absolute Gasteiger partial charge is 0.0384 e. The molecule has 2 atom stereocenters. The van der Waals surface area contributed by atoms with E-state index in [2.05, 4.69) is 60.5 Å². The summed E-state index contributed by atoms with van der Waals surface area (Å²) < 4.78 is 0. The highest BCUT2D eigenvalue weighted by molar-refractivity contribution is 5.26. The van der Waals surface area contributed by atoms with Gasteiger partial charge in [0.25, 0.3) is 0 Å². The molecule has 18 heavy (non-hydrogen) atoms. The Morgan fingerprint density at radius 1 is 1.22 bits per heavy atom. The van der Waals surface area contributed by atoms with Crippen molar-refractivity contribution in [2.45, 2.75) is 38.4 Å². The molecule has 0 aromatic heterocycles. The van der Waals surface area contributed by atoms with E-state index in [1.54, 1.807) is 0 Å². The van der Waals surface area contributed by atoms with Crippen molar-refractivity contribution in [1.82, 2.24) is 10.2 Å². The van der Waals surface area contributed by atoms with Crippen LogP contribution in [0.15, 0.2) is 36.4 Å². The van der Waals surface area contributed by atoms with Crippen LogP contribution < -0.4 is 5.32 Å². The summed E-state index contributed by atoms with van der Waals surface area (Å²) in [6, 6.07) is 10.2. The summed E-state index contributed by atoms with van der Waals surface area (Å²) in [6.07, 6.45) is 4.63. The fourth-order valence-electron chi connectivity index (χ4n) is 2.95. The molecule has 0 aliphatic carbocycles. The maximum absolute atomic E-state index is 3.58. The predicted octanol–water partition coefficient (Wildman–Crippen LogP) is 2.52. The maximum Gasteiger partial charge on any atom is 0.0384 e. The Morgan fingerprint density at radius 2 is 1.94 bits per heavy atom. The van der Waals surface area contributed by atoms with E-state index in [9.17, 15) is 0 Å². The first kappa shape index (κ1) is 11.9. The van der Waals surface area contributed by atoms with Crippen molar-refractivity contribution in [2.24, 2.45) is 0 Å². The number of nitrogens with zero attached hydrogens (tertiary/aromatic N) is 1. The van der Waals surface area contributed by atoms with Crippen LogP contribution in [-0.4, -0.2) is 30.1 Å². The Labute approximate surface area is 110 Å². The average Bonchev–Trinajstić information content (AvgIpc) is 2.69. The Balaban J connectivity index is 1.68. The molecule has 2 nitrogen and oxygen atoms in total. The van der Waals surface area contributed by atoms with E-state index in [4.69, 9.17) is 0 Å². The summed E-state index contributed by atoms with van der Waals surface area (Å²) in [4.78, 5) is 2.56. The molecule has 96 valence electrons. The van der Waals surface area contributed by atoms with Crippen molar-refractivity contribution in [2.75, 3.05) is 13.1 Å². The summed E-state index contributed by atoms with van der Waals surface area (Å²) in [5.41, 5.74) is 2.89. The molecule has 2 aliphatic rings. The van der Waals surface area contributed by atoms with Gasteiger partial charge in [0.05, 0.1) is 0 Å². The molecular formula is C16H22N2. The Bertz CT molecular complexity index is 436. The van der Waals surface area contributed by atoms with Gasteiger partial charge in [0.1, 0.15) is 0 Å². The number of piperazine rings is 1. The van der Waals surface area contributed by atoms with Crippen LogP contribution in [0.4, 0.5) is 0 Å². The van der Waals surface area contributed by atoms with Gasteiger partial charge in [-0.3, -0.25) is 4.90 Å². The minimum Gasteiger partial charge on any atom is -0.302 e. The Hall–Kier alpha value is -1.12. The van der Waals surface area contributed by atoms with Gasteiger partial charge >= 0.3 is 0 Å². The summed E-state index contributed by atoms with van der Waals surface area (Å²) in [6.45, 7) is 7.87. The van der Waals surface area contributed by atoms with Crippen molar-refractivity contribution < 1.29 is 0 Å². The fraction of sp³-hybridized carbons (Fsp3) is 0.500. The van der Waals surface area contributed by atoms with Crippen molar-refractivity contribution in [3.8, 4) is 0 Å². The first-order valence-corrected chi connectivity index (χ1v) is 6.96. The zero-order valence-electron chi connectivity index (χ0n) is 11.3. The molecule has 1 N–H and O–H groups in total. The lowest BCUT2D eigenvalue weighted by atomic mass is 10.0. The van der Waals surface area contributed by atoms with Crippen LogP contribution in [-0.2, 0) is 6.54 Å². The Kier molecular flexibility index (Phi) is 3.23. The summed E-state index contributed by atoms with van der Waals surface area (Å²) in [5.74, 6) is 0.616. The van der Waals surface area contributed by atoms with Crippen LogP contribution in [0, 0.1) is 0 Å². The highest BCUT2D eigenvalue weighted by Gasteiger charge is 2.27. The molecule has 0 radical (unpaired) electrons. The van der Waals surface area contributed by atoms with Crippen LogP contribution >= 0.6 is 0 Å².